The van der Waals surface area contributed by atoms with Gasteiger partial charge in [0.1, 0.15) is 10.8 Å². The summed E-state index contributed by atoms with van der Waals surface area (Å²) >= 11 is 1.41. The van der Waals surface area contributed by atoms with Crippen molar-refractivity contribution in [2.75, 3.05) is 30.4 Å². The minimum Gasteiger partial charge on any atom is -0.395 e. The monoisotopic (exact) mass is 486 g/mol. The number of anilines is 3. The predicted octanol–water partition coefficient (Wildman–Crippen LogP) is 5.40. The van der Waals surface area contributed by atoms with E-state index in [0.717, 1.165) is 33.8 Å². The molecule has 4 rings (SSSR count). The molecule has 0 spiro atoms. The zero-order valence-electron chi connectivity index (χ0n) is 19.0. The van der Waals surface area contributed by atoms with Crippen LogP contribution in [0.5, 0.6) is 0 Å². The number of hydrogen-bond acceptors (Lipinski definition) is 7. The second kappa shape index (κ2) is 10.9. The van der Waals surface area contributed by atoms with Crippen LogP contribution in [0.25, 0.3) is 10.6 Å². The smallest absolute Gasteiger partial charge is 0.152 e. The number of thiazole rings is 1. The molecule has 0 bridgehead atoms. The topological polar surface area (TPSA) is 89.2 Å². The summed E-state index contributed by atoms with van der Waals surface area (Å²) in [6, 6.07) is 19.6. The van der Waals surface area contributed by atoms with Crippen molar-refractivity contribution in [3.63, 3.8) is 0 Å². The average molecular weight is 487 g/mol. The van der Waals surface area contributed by atoms with Crippen LogP contribution in [0.2, 0.25) is 0 Å². The third-order valence-corrected chi connectivity index (χ3v) is 6.59. The molecule has 0 aliphatic heterocycles. The van der Waals surface area contributed by atoms with Crippen LogP contribution in [0.4, 0.5) is 21.5 Å². The van der Waals surface area contributed by atoms with Gasteiger partial charge in [-0.2, -0.15) is 5.26 Å². The van der Waals surface area contributed by atoms with E-state index in [2.05, 4.69) is 10.3 Å². The highest BCUT2D eigenvalue weighted by Crippen LogP contribution is 2.35. The Kier molecular flexibility index (Phi) is 7.51. The van der Waals surface area contributed by atoms with Gasteiger partial charge in [-0.1, -0.05) is 18.2 Å². The number of nitrogens with zero attached hydrogens (tertiary/aromatic N) is 3. The maximum absolute atomic E-state index is 14.4. The standard InChI is InChI=1S/C27H23FN4O2S/c1-30-24-14-18(7-9-26(24)32(10-11-33)25-5-3-2-4-20(25)17-34)12-21-16-31-27(35-21)22-8-6-19(15-29)13-23(22)28/h2-9,13-14,16-17,30,33H,10-12H2,1H3. The van der Waals surface area contributed by atoms with Gasteiger partial charge in [-0.15, -0.1) is 11.3 Å². The number of aromatic nitrogens is 1. The number of halogens is 1. The minimum absolute atomic E-state index is 0.0757. The third kappa shape index (κ3) is 5.22. The van der Waals surface area contributed by atoms with Crippen LogP contribution in [-0.4, -0.2) is 36.6 Å². The lowest BCUT2D eigenvalue weighted by molar-refractivity contribution is 0.112. The molecule has 176 valence electrons. The van der Waals surface area contributed by atoms with E-state index in [1.807, 2.05) is 48.3 Å². The SMILES string of the molecule is CNc1cc(Cc2cnc(-c3ccc(C#N)cc3F)s2)ccc1N(CCO)c1ccccc1C=O. The Morgan fingerprint density at radius 3 is 2.71 bits per heavy atom. The van der Waals surface area contributed by atoms with Gasteiger partial charge < -0.3 is 15.3 Å². The summed E-state index contributed by atoms with van der Waals surface area (Å²) in [6.45, 7) is 0.251. The summed E-state index contributed by atoms with van der Waals surface area (Å²) in [6.07, 6.45) is 3.16. The van der Waals surface area contributed by atoms with E-state index in [1.54, 1.807) is 30.5 Å². The Hall–Kier alpha value is -4.06. The normalized spacial score (nSPS) is 10.6. The summed E-state index contributed by atoms with van der Waals surface area (Å²) in [5.41, 5.74) is 4.62. The number of hydrogen-bond donors (Lipinski definition) is 2. The fourth-order valence-electron chi connectivity index (χ4n) is 3.91. The quantitative estimate of drug-likeness (QED) is 0.308. The molecule has 1 aromatic heterocycles. The van der Waals surface area contributed by atoms with Crippen molar-refractivity contribution >= 4 is 34.7 Å². The van der Waals surface area contributed by atoms with Gasteiger partial charge in [0.2, 0.25) is 0 Å². The van der Waals surface area contributed by atoms with Crippen molar-refractivity contribution in [2.24, 2.45) is 0 Å². The van der Waals surface area contributed by atoms with Gasteiger partial charge in [-0.25, -0.2) is 9.37 Å². The lowest BCUT2D eigenvalue weighted by Gasteiger charge is -2.28. The average Bonchev–Trinajstić information content (AvgIpc) is 3.35. The molecule has 0 saturated carbocycles. The number of rotatable bonds is 9. The van der Waals surface area contributed by atoms with Crippen LogP contribution in [0, 0.1) is 17.1 Å². The van der Waals surface area contributed by atoms with Gasteiger partial charge in [0.25, 0.3) is 0 Å². The molecule has 6 nitrogen and oxygen atoms in total. The van der Waals surface area contributed by atoms with Crippen molar-refractivity contribution in [1.29, 1.82) is 5.26 Å². The molecule has 4 aromatic rings. The summed E-state index contributed by atoms with van der Waals surface area (Å²) in [5.74, 6) is -0.466. The molecule has 0 amide bonds. The highest BCUT2D eigenvalue weighted by atomic mass is 32.1. The van der Waals surface area contributed by atoms with E-state index < -0.39 is 5.82 Å². The van der Waals surface area contributed by atoms with Crippen molar-refractivity contribution in [3.8, 4) is 16.6 Å². The zero-order chi connectivity index (χ0) is 24.8. The Morgan fingerprint density at radius 2 is 2.00 bits per heavy atom. The van der Waals surface area contributed by atoms with Gasteiger partial charge in [0.05, 0.1) is 35.3 Å². The van der Waals surface area contributed by atoms with Crippen molar-refractivity contribution < 1.29 is 14.3 Å². The van der Waals surface area contributed by atoms with E-state index in [-0.39, 0.29) is 12.2 Å². The van der Waals surface area contributed by atoms with E-state index in [0.29, 0.717) is 29.1 Å². The van der Waals surface area contributed by atoms with Crippen LogP contribution >= 0.6 is 11.3 Å². The molecule has 0 radical (unpaired) electrons. The Bertz CT molecular complexity index is 1400. The molecular formula is C27H23FN4O2S. The summed E-state index contributed by atoms with van der Waals surface area (Å²) in [7, 11) is 1.82. The Morgan fingerprint density at radius 1 is 1.17 bits per heavy atom. The predicted molar refractivity (Wildman–Crippen MR) is 137 cm³/mol. The fraction of sp³-hybridized carbons (Fsp3) is 0.148. The number of nitriles is 1. The first-order chi connectivity index (χ1) is 17.1. The largest absolute Gasteiger partial charge is 0.395 e. The molecule has 0 saturated heterocycles. The van der Waals surface area contributed by atoms with E-state index in [4.69, 9.17) is 5.26 Å². The molecule has 2 N–H and O–H groups in total. The van der Waals surface area contributed by atoms with Crippen molar-refractivity contribution in [2.45, 2.75) is 6.42 Å². The number of aliphatic hydroxyl groups excluding tert-OH is 1. The Labute approximate surface area is 206 Å². The number of aldehydes is 1. The molecule has 3 aromatic carbocycles. The third-order valence-electron chi connectivity index (χ3n) is 5.56. The molecule has 8 heteroatoms. The second-order valence-electron chi connectivity index (χ2n) is 7.77. The zero-order valence-corrected chi connectivity index (χ0v) is 19.8. The summed E-state index contributed by atoms with van der Waals surface area (Å²) in [5, 5.41) is 22.4. The van der Waals surface area contributed by atoms with Crippen molar-refractivity contribution in [1.82, 2.24) is 4.98 Å². The first-order valence-electron chi connectivity index (χ1n) is 11.0. The lowest BCUT2D eigenvalue weighted by atomic mass is 10.1. The van der Waals surface area contributed by atoms with E-state index >= 15 is 0 Å². The molecule has 35 heavy (non-hydrogen) atoms. The van der Waals surface area contributed by atoms with Gasteiger partial charge in [-0.3, -0.25) is 4.79 Å². The summed E-state index contributed by atoms with van der Waals surface area (Å²) in [4.78, 5) is 18.9. The second-order valence-corrected chi connectivity index (χ2v) is 8.88. The number of aliphatic hydroxyl groups is 1. The van der Waals surface area contributed by atoms with Gasteiger partial charge >= 0.3 is 0 Å². The molecule has 0 aliphatic carbocycles. The van der Waals surface area contributed by atoms with Crippen LogP contribution in [0.3, 0.4) is 0 Å². The minimum atomic E-state index is -0.466. The van der Waals surface area contributed by atoms with Crippen LogP contribution in [0.15, 0.2) is 66.9 Å². The molecule has 0 fully saturated rings. The highest BCUT2D eigenvalue weighted by Gasteiger charge is 2.17. The van der Waals surface area contributed by atoms with Crippen LogP contribution in [-0.2, 0) is 6.42 Å². The van der Waals surface area contributed by atoms with Gasteiger partial charge in [0, 0.05) is 42.2 Å². The Balaban J connectivity index is 1.62. The number of carbonyl (C=O) groups is 1. The van der Waals surface area contributed by atoms with E-state index in [9.17, 15) is 14.3 Å². The van der Waals surface area contributed by atoms with Crippen molar-refractivity contribution in [3.05, 3.63) is 94.2 Å². The number of carbonyl (C=O) groups excluding carboxylic acids is 1. The molecule has 0 atom stereocenters. The maximum atomic E-state index is 14.4. The first kappa shape index (κ1) is 24.1. The number of nitrogens with one attached hydrogen (secondary N) is 1. The molecule has 1 heterocycles. The van der Waals surface area contributed by atoms with Crippen LogP contribution in [0.1, 0.15) is 26.4 Å². The fourth-order valence-corrected chi connectivity index (χ4v) is 4.88. The van der Waals surface area contributed by atoms with Gasteiger partial charge in [-0.05, 0) is 48.0 Å². The lowest BCUT2D eigenvalue weighted by Crippen LogP contribution is -2.23. The molecular weight excluding hydrogens is 463 g/mol. The number of para-hydroxylation sites is 1. The molecule has 0 unspecified atom stereocenters. The van der Waals surface area contributed by atoms with E-state index in [1.165, 1.54) is 17.4 Å². The highest BCUT2D eigenvalue weighted by molar-refractivity contribution is 7.15. The molecule has 0 aliphatic rings. The summed E-state index contributed by atoms with van der Waals surface area (Å²) < 4.78 is 14.4. The van der Waals surface area contributed by atoms with Gasteiger partial charge in [0.15, 0.2) is 6.29 Å². The number of benzene rings is 3. The van der Waals surface area contributed by atoms with Crippen LogP contribution < -0.4 is 10.2 Å². The maximum Gasteiger partial charge on any atom is 0.152 e. The first-order valence-corrected chi connectivity index (χ1v) is 11.8.